The number of carbonyl (C=O) groups is 1. The summed E-state index contributed by atoms with van der Waals surface area (Å²) in [6, 6.07) is 12.5. The van der Waals surface area contributed by atoms with Crippen molar-refractivity contribution in [1.29, 1.82) is 0 Å². The fourth-order valence-corrected chi connectivity index (χ4v) is 5.44. The van der Waals surface area contributed by atoms with E-state index in [9.17, 15) is 9.59 Å². The first-order chi connectivity index (χ1) is 16.9. The van der Waals surface area contributed by atoms with Gasteiger partial charge in [-0.1, -0.05) is 23.5 Å². The average molecular weight is 511 g/mol. The first-order valence-corrected chi connectivity index (χ1v) is 13.0. The standard InChI is InChI=1S/C26H26N2O5S2/c1-6-33-25(30)22-15(2)27-26-28(23(22)19-12-9-17(31-3)14-20(19)32-4)24(29)21(35-26)13-16-7-10-18(34-5)11-8-16/h7-14,23H,6H2,1-5H3/b21-13+. The number of ether oxygens (including phenoxy) is 3. The molecule has 3 aromatic rings. The van der Waals surface area contributed by atoms with Gasteiger partial charge in [0.05, 0.1) is 36.6 Å². The van der Waals surface area contributed by atoms with E-state index >= 15 is 0 Å². The summed E-state index contributed by atoms with van der Waals surface area (Å²) < 4.78 is 18.4. The highest BCUT2D eigenvalue weighted by Gasteiger charge is 2.35. The molecule has 0 spiro atoms. The molecule has 1 aromatic heterocycles. The summed E-state index contributed by atoms with van der Waals surface area (Å²) in [5, 5.41) is 0. The van der Waals surface area contributed by atoms with Crippen molar-refractivity contribution in [2.75, 3.05) is 27.1 Å². The number of carbonyl (C=O) groups excluding carboxylic acids is 1. The van der Waals surface area contributed by atoms with Crippen LogP contribution in [0.1, 0.15) is 31.0 Å². The number of hydrogen-bond donors (Lipinski definition) is 0. The number of methoxy groups -OCH3 is 2. The zero-order valence-corrected chi connectivity index (χ0v) is 21.8. The van der Waals surface area contributed by atoms with E-state index < -0.39 is 12.0 Å². The highest BCUT2D eigenvalue weighted by molar-refractivity contribution is 7.98. The fraction of sp³-hybridized carbons (Fsp3) is 0.269. The first-order valence-electron chi connectivity index (χ1n) is 11.0. The monoisotopic (exact) mass is 510 g/mol. The van der Waals surface area contributed by atoms with Gasteiger partial charge < -0.3 is 14.2 Å². The first kappa shape index (κ1) is 24.8. The third kappa shape index (κ3) is 4.78. The van der Waals surface area contributed by atoms with Gasteiger partial charge in [0.25, 0.3) is 5.56 Å². The van der Waals surface area contributed by atoms with Crippen LogP contribution in [0, 0.1) is 0 Å². The van der Waals surface area contributed by atoms with Gasteiger partial charge in [-0.15, -0.1) is 11.8 Å². The summed E-state index contributed by atoms with van der Waals surface area (Å²) in [4.78, 5) is 33.1. The van der Waals surface area contributed by atoms with Gasteiger partial charge >= 0.3 is 5.97 Å². The molecule has 35 heavy (non-hydrogen) atoms. The Morgan fingerprint density at radius 2 is 1.91 bits per heavy atom. The van der Waals surface area contributed by atoms with E-state index in [0.29, 0.717) is 37.7 Å². The maximum absolute atomic E-state index is 13.7. The molecular formula is C26H26N2O5S2. The highest BCUT2D eigenvalue weighted by Crippen LogP contribution is 2.37. The molecule has 7 nitrogen and oxygen atoms in total. The zero-order chi connectivity index (χ0) is 25.1. The highest BCUT2D eigenvalue weighted by atomic mass is 32.2. The van der Waals surface area contributed by atoms with Crippen molar-refractivity contribution in [3.05, 3.63) is 84.5 Å². The normalized spacial score (nSPS) is 15.5. The van der Waals surface area contributed by atoms with Gasteiger partial charge in [0.1, 0.15) is 17.5 Å². The van der Waals surface area contributed by atoms with Gasteiger partial charge in [0.15, 0.2) is 4.80 Å². The molecule has 2 heterocycles. The number of thiazole rings is 1. The Bertz CT molecular complexity index is 1470. The smallest absolute Gasteiger partial charge is 0.338 e. The third-order valence-electron chi connectivity index (χ3n) is 5.67. The summed E-state index contributed by atoms with van der Waals surface area (Å²) in [6.07, 6.45) is 3.86. The van der Waals surface area contributed by atoms with Gasteiger partial charge in [-0.05, 0) is 56.0 Å². The Morgan fingerprint density at radius 3 is 2.54 bits per heavy atom. The molecule has 1 aliphatic rings. The van der Waals surface area contributed by atoms with E-state index in [0.717, 1.165) is 10.5 Å². The molecule has 0 saturated carbocycles. The van der Waals surface area contributed by atoms with Crippen LogP contribution in [0.2, 0.25) is 0 Å². The lowest BCUT2D eigenvalue weighted by Crippen LogP contribution is -2.40. The molecule has 9 heteroatoms. The van der Waals surface area contributed by atoms with Crippen LogP contribution in [0.15, 0.2) is 68.4 Å². The molecule has 0 radical (unpaired) electrons. The molecule has 0 fully saturated rings. The predicted molar refractivity (Wildman–Crippen MR) is 138 cm³/mol. The van der Waals surface area contributed by atoms with E-state index in [1.54, 1.807) is 62.6 Å². The number of hydrogen-bond acceptors (Lipinski definition) is 8. The van der Waals surface area contributed by atoms with Crippen LogP contribution in [-0.2, 0) is 9.53 Å². The number of benzene rings is 2. The van der Waals surface area contributed by atoms with E-state index in [4.69, 9.17) is 14.2 Å². The van der Waals surface area contributed by atoms with Gasteiger partial charge in [0, 0.05) is 16.5 Å². The largest absolute Gasteiger partial charge is 0.497 e. The predicted octanol–water partition coefficient (Wildman–Crippen LogP) is 3.54. The summed E-state index contributed by atoms with van der Waals surface area (Å²) in [5.74, 6) is 0.580. The maximum Gasteiger partial charge on any atom is 0.338 e. The molecular weight excluding hydrogens is 484 g/mol. The molecule has 4 rings (SSSR count). The molecule has 0 N–H and O–H groups in total. The second kappa shape index (κ2) is 10.5. The lowest BCUT2D eigenvalue weighted by molar-refractivity contribution is -0.139. The number of esters is 1. The van der Waals surface area contributed by atoms with Crippen LogP contribution in [0.25, 0.3) is 6.08 Å². The second-order valence-corrected chi connectivity index (χ2v) is 9.57. The molecule has 0 aliphatic carbocycles. The van der Waals surface area contributed by atoms with Crippen molar-refractivity contribution in [3.8, 4) is 11.5 Å². The Kier molecular flexibility index (Phi) is 7.47. The quantitative estimate of drug-likeness (QED) is 0.357. The molecule has 0 saturated heterocycles. The van der Waals surface area contributed by atoms with Crippen LogP contribution >= 0.6 is 23.1 Å². The molecule has 0 amide bonds. The average Bonchev–Trinajstić information content (AvgIpc) is 3.17. The van der Waals surface area contributed by atoms with Crippen molar-refractivity contribution < 1.29 is 19.0 Å². The molecule has 0 bridgehead atoms. The maximum atomic E-state index is 13.7. The third-order valence-corrected chi connectivity index (χ3v) is 7.39. The fourth-order valence-electron chi connectivity index (χ4n) is 3.98. The van der Waals surface area contributed by atoms with Gasteiger partial charge in [-0.2, -0.15) is 0 Å². The number of aromatic nitrogens is 1. The van der Waals surface area contributed by atoms with Crippen LogP contribution < -0.4 is 24.4 Å². The van der Waals surface area contributed by atoms with E-state index in [2.05, 4.69) is 4.99 Å². The SMILES string of the molecule is CCOC(=O)C1=C(C)N=c2s/c(=C/c3ccc(SC)cc3)c(=O)n2C1c1ccc(OC)cc1OC. The lowest BCUT2D eigenvalue weighted by atomic mass is 9.95. The second-order valence-electron chi connectivity index (χ2n) is 7.68. The van der Waals surface area contributed by atoms with Crippen molar-refractivity contribution in [2.45, 2.75) is 24.8 Å². The van der Waals surface area contributed by atoms with Crippen molar-refractivity contribution in [2.24, 2.45) is 4.99 Å². The minimum atomic E-state index is -0.757. The molecule has 1 atom stereocenters. The summed E-state index contributed by atoms with van der Waals surface area (Å²) >= 11 is 2.95. The molecule has 1 unspecified atom stereocenters. The zero-order valence-electron chi connectivity index (χ0n) is 20.2. The van der Waals surface area contributed by atoms with Crippen molar-refractivity contribution in [1.82, 2.24) is 4.57 Å². The summed E-state index contributed by atoms with van der Waals surface area (Å²) in [5.41, 5.74) is 2.12. The number of fused-ring (bicyclic) bond motifs is 1. The Balaban J connectivity index is 1.96. The molecule has 182 valence electrons. The minimum Gasteiger partial charge on any atom is -0.497 e. The summed E-state index contributed by atoms with van der Waals surface area (Å²) in [7, 11) is 3.11. The molecule has 1 aliphatic heterocycles. The van der Waals surface area contributed by atoms with Crippen molar-refractivity contribution >= 4 is 35.1 Å². The summed E-state index contributed by atoms with van der Waals surface area (Å²) in [6.45, 7) is 3.71. The Labute approximate surface area is 211 Å². The number of nitrogens with zero attached hydrogens (tertiary/aromatic N) is 2. The van der Waals surface area contributed by atoms with Gasteiger partial charge in [-0.25, -0.2) is 9.79 Å². The number of allylic oxidation sites excluding steroid dienone is 1. The van der Waals surface area contributed by atoms with E-state index in [-0.39, 0.29) is 12.2 Å². The minimum absolute atomic E-state index is 0.207. The van der Waals surface area contributed by atoms with Crippen molar-refractivity contribution in [3.63, 3.8) is 0 Å². The number of thioether (sulfide) groups is 1. The number of rotatable bonds is 7. The Hall–Kier alpha value is -3.30. The van der Waals surface area contributed by atoms with Crippen LogP contribution in [0.3, 0.4) is 0 Å². The topological polar surface area (TPSA) is 79.1 Å². The van der Waals surface area contributed by atoms with Crippen LogP contribution in [-0.4, -0.2) is 37.6 Å². The van der Waals surface area contributed by atoms with E-state index in [1.165, 1.54) is 11.3 Å². The van der Waals surface area contributed by atoms with Crippen LogP contribution in [0.4, 0.5) is 0 Å². The molecule has 2 aromatic carbocycles. The van der Waals surface area contributed by atoms with Gasteiger partial charge in [0.2, 0.25) is 0 Å². The van der Waals surface area contributed by atoms with E-state index in [1.807, 2.05) is 36.6 Å². The van der Waals surface area contributed by atoms with Gasteiger partial charge in [-0.3, -0.25) is 9.36 Å². The van der Waals surface area contributed by atoms with Crippen LogP contribution in [0.5, 0.6) is 11.5 Å². The Morgan fingerprint density at radius 1 is 1.17 bits per heavy atom. The lowest BCUT2D eigenvalue weighted by Gasteiger charge is -2.26.